The Morgan fingerprint density at radius 2 is 1.66 bits per heavy atom. The van der Waals surface area contributed by atoms with Crippen molar-refractivity contribution < 1.29 is 52.9 Å². The molecule has 0 saturated carbocycles. The van der Waals surface area contributed by atoms with E-state index in [4.69, 9.17) is 33.4 Å². The molecule has 3 saturated heterocycles. The van der Waals surface area contributed by atoms with Crippen LogP contribution in [0.4, 0.5) is 4.39 Å². The number of benzene rings is 1. The van der Waals surface area contributed by atoms with Crippen LogP contribution < -0.4 is 0 Å². The van der Waals surface area contributed by atoms with Gasteiger partial charge in [-0.2, -0.15) is 0 Å². The van der Waals surface area contributed by atoms with Crippen LogP contribution in [0.2, 0.25) is 0 Å². The van der Waals surface area contributed by atoms with E-state index in [2.05, 4.69) is 9.88 Å². The smallest absolute Gasteiger partial charge is 0.312 e. The zero-order valence-corrected chi connectivity index (χ0v) is 36.2. The van der Waals surface area contributed by atoms with E-state index in [-0.39, 0.29) is 36.7 Å². The number of hydrogen-bond donors (Lipinski definition) is 3. The first-order valence-electron chi connectivity index (χ1n) is 20.6. The zero-order chi connectivity index (χ0) is 42.9. The number of methoxy groups -OCH3 is 1. The van der Waals surface area contributed by atoms with Crippen LogP contribution in [0.25, 0.3) is 11.4 Å². The summed E-state index contributed by atoms with van der Waals surface area (Å²) in [6.07, 6.45) is -5.22. The van der Waals surface area contributed by atoms with Gasteiger partial charge >= 0.3 is 5.97 Å². The second-order valence-corrected chi connectivity index (χ2v) is 17.8. The second kappa shape index (κ2) is 18.9. The van der Waals surface area contributed by atoms with E-state index in [1.807, 2.05) is 53.7 Å². The lowest BCUT2D eigenvalue weighted by Crippen LogP contribution is -2.60. The van der Waals surface area contributed by atoms with Crippen molar-refractivity contribution in [3.8, 4) is 11.4 Å². The van der Waals surface area contributed by atoms with Gasteiger partial charge in [0.25, 0.3) is 0 Å². The normalized spacial score (nSPS) is 41.3. The Labute approximate surface area is 343 Å². The Bertz CT molecular complexity index is 1660. The highest BCUT2D eigenvalue weighted by molar-refractivity contribution is 5.73. The molecular formula is C43H67FN4O10. The number of aromatic nitrogens is 2. The van der Waals surface area contributed by atoms with Crippen LogP contribution in [0.15, 0.2) is 36.5 Å². The van der Waals surface area contributed by atoms with Crippen LogP contribution in [0.1, 0.15) is 86.5 Å². The number of hydrogen-bond acceptors (Lipinski definition) is 14. The molecule has 4 heterocycles. The monoisotopic (exact) mass is 818 g/mol. The van der Waals surface area contributed by atoms with Crippen molar-refractivity contribution in [2.24, 2.45) is 17.8 Å². The molecule has 0 bridgehead atoms. The third-order valence-electron chi connectivity index (χ3n) is 12.6. The molecular weight excluding hydrogens is 751 g/mol. The molecule has 0 radical (unpaired) electrons. The highest BCUT2D eigenvalue weighted by Gasteiger charge is 2.52. The van der Waals surface area contributed by atoms with Crippen molar-refractivity contribution in [2.75, 3.05) is 34.8 Å². The summed E-state index contributed by atoms with van der Waals surface area (Å²) in [6.45, 7) is 15.2. The summed E-state index contributed by atoms with van der Waals surface area (Å²) >= 11 is 0. The Hall–Kier alpha value is -2.70. The van der Waals surface area contributed by atoms with E-state index in [0.717, 1.165) is 0 Å². The van der Waals surface area contributed by atoms with Crippen LogP contribution in [-0.2, 0) is 33.2 Å². The molecule has 1 aromatic heterocycles. The third kappa shape index (κ3) is 10.4. The summed E-state index contributed by atoms with van der Waals surface area (Å²) in [5.74, 6) is -2.43. The molecule has 3 N–H and O–H groups in total. The first kappa shape index (κ1) is 46.4. The number of ether oxygens (including phenoxy) is 6. The fourth-order valence-electron chi connectivity index (χ4n) is 9.09. The average Bonchev–Trinajstić information content (AvgIpc) is 3.16. The van der Waals surface area contributed by atoms with E-state index in [9.17, 15) is 24.5 Å². The highest BCUT2D eigenvalue weighted by Crippen LogP contribution is 2.40. The van der Waals surface area contributed by atoms with Crippen molar-refractivity contribution >= 4 is 5.97 Å². The van der Waals surface area contributed by atoms with Crippen LogP contribution in [-0.4, -0.2) is 148 Å². The van der Waals surface area contributed by atoms with Gasteiger partial charge in [-0.15, -0.1) is 0 Å². The van der Waals surface area contributed by atoms with Crippen LogP contribution >= 0.6 is 0 Å². The lowest BCUT2D eigenvalue weighted by Gasteiger charge is -2.48. The number of carbonyl (C=O) groups is 1. The van der Waals surface area contributed by atoms with Gasteiger partial charge in [0.05, 0.1) is 47.2 Å². The molecule has 14 nitrogen and oxygen atoms in total. The van der Waals surface area contributed by atoms with Crippen molar-refractivity contribution in [1.82, 2.24) is 19.8 Å². The topological polar surface area (TPSA) is 165 Å². The number of aliphatic hydroxyl groups is 3. The second-order valence-electron chi connectivity index (χ2n) is 17.8. The number of rotatable bonds is 8. The van der Waals surface area contributed by atoms with Crippen molar-refractivity contribution in [1.29, 1.82) is 0 Å². The minimum Gasteiger partial charge on any atom is -0.454 e. The predicted molar refractivity (Wildman–Crippen MR) is 214 cm³/mol. The average molecular weight is 819 g/mol. The van der Waals surface area contributed by atoms with Crippen molar-refractivity contribution in [3.63, 3.8) is 0 Å². The van der Waals surface area contributed by atoms with Gasteiger partial charge in [-0.3, -0.25) is 9.69 Å². The molecule has 15 heteroatoms. The predicted octanol–water partition coefficient (Wildman–Crippen LogP) is 4.35. The van der Waals surface area contributed by atoms with Gasteiger partial charge in [-0.1, -0.05) is 13.8 Å². The third-order valence-corrected chi connectivity index (χ3v) is 12.6. The van der Waals surface area contributed by atoms with E-state index in [0.29, 0.717) is 30.0 Å². The molecule has 0 amide bonds. The number of nitrogens with zero attached hydrogens (tertiary/aromatic N) is 4. The molecule has 0 aliphatic carbocycles. The minimum absolute atomic E-state index is 0.105. The maximum atomic E-state index is 14.7. The van der Waals surface area contributed by atoms with Crippen LogP contribution in [0, 0.1) is 23.6 Å². The van der Waals surface area contributed by atoms with Crippen molar-refractivity contribution in [3.05, 3.63) is 48.0 Å². The number of likely N-dealkylation sites (N-methyl/N-ethyl adjacent to an activating group) is 2. The molecule has 58 heavy (non-hydrogen) atoms. The molecule has 16 atom stereocenters. The lowest BCUT2D eigenvalue weighted by atomic mass is 9.77. The van der Waals surface area contributed by atoms with Crippen molar-refractivity contribution in [2.45, 2.75) is 153 Å². The maximum absolute atomic E-state index is 14.7. The summed E-state index contributed by atoms with van der Waals surface area (Å²) in [5.41, 5.74) is -1.48. The summed E-state index contributed by atoms with van der Waals surface area (Å²) in [7, 11) is 7.24. The lowest BCUT2D eigenvalue weighted by molar-refractivity contribution is -0.317. The molecule has 326 valence electrons. The van der Waals surface area contributed by atoms with Gasteiger partial charge in [-0.25, -0.2) is 14.4 Å². The molecule has 3 aliphatic heterocycles. The summed E-state index contributed by atoms with van der Waals surface area (Å²) < 4.78 is 52.1. The number of esters is 1. The molecule has 2 aromatic rings. The van der Waals surface area contributed by atoms with Gasteiger partial charge < -0.3 is 48.6 Å². The van der Waals surface area contributed by atoms with Gasteiger partial charge in [0.1, 0.15) is 18.0 Å². The van der Waals surface area contributed by atoms with E-state index < -0.39 is 84.3 Å². The quantitative estimate of drug-likeness (QED) is 0.322. The molecule has 0 spiro atoms. The first-order chi connectivity index (χ1) is 27.1. The number of cyclic esters (lactones) is 1. The highest BCUT2D eigenvalue weighted by atomic mass is 19.1. The first-order valence-corrected chi connectivity index (χ1v) is 20.6. The van der Waals surface area contributed by atoms with Gasteiger partial charge in [0.2, 0.25) is 0 Å². The maximum Gasteiger partial charge on any atom is 0.312 e. The van der Waals surface area contributed by atoms with Gasteiger partial charge in [-0.05, 0) is 112 Å². The van der Waals surface area contributed by atoms with E-state index in [1.165, 1.54) is 19.2 Å². The van der Waals surface area contributed by atoms with E-state index >= 15 is 0 Å². The number of carbonyl (C=O) groups excluding carboxylic acids is 1. The van der Waals surface area contributed by atoms with Crippen LogP contribution in [0.3, 0.4) is 0 Å². The Kier molecular flexibility index (Phi) is 15.1. The molecule has 1 aromatic carbocycles. The molecule has 0 unspecified atom stereocenters. The summed E-state index contributed by atoms with van der Waals surface area (Å²) in [6, 6.07) is 6.91. The zero-order valence-electron chi connectivity index (χ0n) is 36.2. The van der Waals surface area contributed by atoms with Gasteiger partial charge in [0, 0.05) is 49.8 Å². The number of aliphatic hydroxyl groups excluding tert-OH is 2. The fourth-order valence-corrected chi connectivity index (χ4v) is 9.09. The van der Waals surface area contributed by atoms with Gasteiger partial charge in [0.15, 0.2) is 24.5 Å². The summed E-state index contributed by atoms with van der Waals surface area (Å²) in [4.78, 5) is 28.0. The molecule has 5 rings (SSSR count). The Balaban J connectivity index is 1.58. The Morgan fingerprint density at radius 1 is 0.983 bits per heavy atom. The SMILES string of the molecule is CO[C@]1(C)C[C@H](O[C@H]2[C@H](C)[C@@H](O[C@@H]3O[C@H](C)C[C@H](N(C)C)[C@H]3O)[C@@](C)(O)C[C@@H](C)CN(C)[C@@H](C)[C@H](c3ccnc(-c4ccc(F)cc4)n3)OC(=O)[C@@H]2C)O[C@@H](C)[C@@H]1O. The Morgan fingerprint density at radius 3 is 2.29 bits per heavy atom. The standard InChI is InChI=1S/C43H67FN4O10/c1-23-20-42(7,52)38(58-41-34(49)32(47(9)10)19-24(2)54-41)25(3)35(56-33-21-43(8,53-12)37(50)28(6)55-33)26(4)40(51)57-36(27(5)48(11)22-23)31-17-18-45-39(46-31)29-13-15-30(44)16-14-29/h13-18,23-28,32-38,41,49-50,52H,19-22H2,1-12H3/t23-,24-,25+,26-,27+,28+,32+,33+,34-,35+,36-,37+,38-,41+,42+,43-/m1/s1. The largest absolute Gasteiger partial charge is 0.454 e. The number of halogens is 1. The van der Waals surface area contributed by atoms with E-state index in [1.54, 1.807) is 52.1 Å². The molecule has 3 aliphatic rings. The van der Waals surface area contributed by atoms with Crippen LogP contribution in [0.5, 0.6) is 0 Å². The fraction of sp³-hybridized carbons (Fsp3) is 0.744. The molecule has 3 fully saturated rings. The summed E-state index contributed by atoms with van der Waals surface area (Å²) in [5, 5.41) is 35.2. The minimum atomic E-state index is -1.52.